The van der Waals surface area contributed by atoms with Gasteiger partial charge in [0.25, 0.3) is 0 Å². The molecule has 1 unspecified atom stereocenters. The molecule has 0 amide bonds. The average Bonchev–Trinajstić information content (AvgIpc) is 3.01. The van der Waals surface area contributed by atoms with Crippen LogP contribution in [0.2, 0.25) is 0 Å². The van der Waals surface area contributed by atoms with Crippen molar-refractivity contribution in [2.24, 2.45) is 0 Å². The third-order valence-corrected chi connectivity index (χ3v) is 2.65. The normalized spacial score (nSPS) is 12.0. The van der Waals surface area contributed by atoms with E-state index in [2.05, 4.69) is 26.7 Å². The summed E-state index contributed by atoms with van der Waals surface area (Å²) in [6.45, 7) is 0. The second-order valence-electron chi connectivity index (χ2n) is 3.93. The van der Waals surface area contributed by atoms with Crippen LogP contribution in [0.5, 0.6) is 5.75 Å². The molecule has 1 radical (unpaired) electrons. The Balaban J connectivity index is 1.94. The third kappa shape index (κ3) is 2.60. The molecule has 0 aliphatic carbocycles. The van der Waals surface area contributed by atoms with Crippen LogP contribution in [0.4, 0.5) is 0 Å². The minimum Gasteiger partial charge on any atom is -0.478 e. The van der Waals surface area contributed by atoms with Crippen LogP contribution < -0.4 is 4.74 Å². The van der Waals surface area contributed by atoms with Gasteiger partial charge in [0.2, 0.25) is 0 Å². The van der Waals surface area contributed by atoms with Gasteiger partial charge in [0.05, 0.1) is 0 Å². The Morgan fingerprint density at radius 1 is 1.05 bits per heavy atom. The molecule has 0 fully saturated rings. The minimum atomic E-state index is -0.362. The number of H-pyrrole nitrogens is 1. The van der Waals surface area contributed by atoms with Gasteiger partial charge in [0.1, 0.15) is 5.75 Å². The molecule has 0 aliphatic heterocycles. The van der Waals surface area contributed by atoms with Gasteiger partial charge in [0, 0.05) is 5.56 Å². The second-order valence-corrected chi connectivity index (χ2v) is 3.93. The van der Waals surface area contributed by atoms with E-state index in [0.29, 0.717) is 5.82 Å². The highest BCUT2D eigenvalue weighted by molar-refractivity contribution is 5.27. The van der Waals surface area contributed by atoms with Crippen molar-refractivity contribution in [3.63, 3.8) is 0 Å². The van der Waals surface area contributed by atoms with E-state index in [-0.39, 0.29) is 6.10 Å². The van der Waals surface area contributed by atoms with Crippen LogP contribution in [0.3, 0.4) is 0 Å². The zero-order valence-corrected chi connectivity index (χ0v) is 10.0. The smallest absolute Gasteiger partial charge is 0.194 e. The molecule has 1 atom stereocenters. The maximum atomic E-state index is 5.95. The van der Waals surface area contributed by atoms with Gasteiger partial charge >= 0.3 is 0 Å². The standard InChI is InChI=1S/C14H11N4O/c1-3-7-11(8-4-1)13(14-15-17-18-16-14)19-12-9-5-2-6-10-12/h1,3-10,13H,(H,15,16,17,18). The number of rotatable bonds is 4. The first-order chi connectivity index (χ1) is 9.43. The van der Waals surface area contributed by atoms with Crippen molar-refractivity contribution in [3.8, 4) is 5.75 Å². The highest BCUT2D eigenvalue weighted by Gasteiger charge is 2.19. The van der Waals surface area contributed by atoms with E-state index in [9.17, 15) is 0 Å². The molecule has 1 aromatic heterocycles. The molecule has 93 valence electrons. The van der Waals surface area contributed by atoms with E-state index in [1.807, 2.05) is 42.5 Å². The Morgan fingerprint density at radius 3 is 2.53 bits per heavy atom. The van der Waals surface area contributed by atoms with E-state index in [1.165, 1.54) is 0 Å². The number of tetrazole rings is 1. The predicted molar refractivity (Wildman–Crippen MR) is 68.4 cm³/mol. The van der Waals surface area contributed by atoms with Crippen LogP contribution in [0.1, 0.15) is 17.5 Å². The van der Waals surface area contributed by atoms with E-state index in [1.54, 1.807) is 12.1 Å². The Kier molecular flexibility index (Phi) is 3.18. The third-order valence-electron chi connectivity index (χ3n) is 2.65. The number of hydrogen-bond acceptors (Lipinski definition) is 4. The predicted octanol–water partition coefficient (Wildman–Crippen LogP) is 2.17. The van der Waals surface area contributed by atoms with Gasteiger partial charge in [-0.1, -0.05) is 42.5 Å². The quantitative estimate of drug-likeness (QED) is 0.771. The first kappa shape index (κ1) is 11.4. The van der Waals surface area contributed by atoms with Crippen LogP contribution in [-0.4, -0.2) is 20.6 Å². The van der Waals surface area contributed by atoms with Gasteiger partial charge in [-0.3, -0.25) is 0 Å². The Morgan fingerprint density at radius 2 is 1.84 bits per heavy atom. The Labute approximate surface area is 110 Å². The fourth-order valence-electron chi connectivity index (χ4n) is 1.77. The highest BCUT2D eigenvalue weighted by Crippen LogP contribution is 2.25. The van der Waals surface area contributed by atoms with Crippen molar-refractivity contribution in [3.05, 3.63) is 72.1 Å². The lowest BCUT2D eigenvalue weighted by Crippen LogP contribution is -2.11. The fourth-order valence-corrected chi connectivity index (χ4v) is 1.77. The molecule has 1 heterocycles. The molecular formula is C14H11N4O. The SMILES string of the molecule is [c]1ccc(OC(c2ccccc2)c2nnn[nH]2)cc1. The number of aromatic amines is 1. The van der Waals surface area contributed by atoms with E-state index in [4.69, 9.17) is 4.74 Å². The number of nitrogens with one attached hydrogen (secondary N) is 1. The molecule has 5 nitrogen and oxygen atoms in total. The number of ether oxygens (including phenoxy) is 1. The van der Waals surface area contributed by atoms with Gasteiger partial charge in [-0.25, -0.2) is 5.10 Å². The summed E-state index contributed by atoms with van der Waals surface area (Å²) in [7, 11) is 0. The van der Waals surface area contributed by atoms with Crippen molar-refractivity contribution in [1.29, 1.82) is 0 Å². The van der Waals surface area contributed by atoms with Crippen molar-refractivity contribution in [2.75, 3.05) is 0 Å². The molecule has 0 aliphatic rings. The summed E-state index contributed by atoms with van der Waals surface area (Å²) in [4.78, 5) is 0. The Hall–Kier alpha value is -2.69. The van der Waals surface area contributed by atoms with Crippen molar-refractivity contribution < 1.29 is 4.74 Å². The summed E-state index contributed by atoms with van der Waals surface area (Å²) in [5.74, 6) is 1.31. The zero-order chi connectivity index (χ0) is 12.9. The van der Waals surface area contributed by atoms with Crippen molar-refractivity contribution in [1.82, 2.24) is 20.6 Å². The molecule has 0 spiro atoms. The number of hydrogen-bond donors (Lipinski definition) is 1. The lowest BCUT2D eigenvalue weighted by atomic mass is 10.1. The maximum Gasteiger partial charge on any atom is 0.194 e. The summed E-state index contributed by atoms with van der Waals surface area (Å²) in [5.41, 5.74) is 0.980. The van der Waals surface area contributed by atoms with Gasteiger partial charge in [-0.05, 0) is 28.6 Å². The van der Waals surface area contributed by atoms with Gasteiger partial charge in [-0.15, -0.1) is 5.10 Å². The first-order valence-corrected chi connectivity index (χ1v) is 5.85. The highest BCUT2D eigenvalue weighted by atomic mass is 16.5. The zero-order valence-electron chi connectivity index (χ0n) is 10.0. The lowest BCUT2D eigenvalue weighted by Gasteiger charge is -2.16. The maximum absolute atomic E-state index is 5.95. The summed E-state index contributed by atoms with van der Waals surface area (Å²) >= 11 is 0. The monoisotopic (exact) mass is 251 g/mol. The number of nitrogens with zero attached hydrogens (tertiary/aromatic N) is 3. The second kappa shape index (κ2) is 5.30. The van der Waals surface area contributed by atoms with E-state index < -0.39 is 0 Å². The first-order valence-electron chi connectivity index (χ1n) is 5.85. The Bertz CT molecular complexity index is 610. The number of aromatic nitrogens is 4. The number of benzene rings is 2. The molecular weight excluding hydrogens is 240 g/mol. The van der Waals surface area contributed by atoms with E-state index >= 15 is 0 Å². The van der Waals surface area contributed by atoms with Gasteiger partial charge in [-0.2, -0.15) is 0 Å². The molecule has 5 heteroatoms. The average molecular weight is 251 g/mol. The van der Waals surface area contributed by atoms with Crippen molar-refractivity contribution in [2.45, 2.75) is 6.10 Å². The molecule has 19 heavy (non-hydrogen) atoms. The molecule has 0 saturated carbocycles. The molecule has 3 rings (SSSR count). The topological polar surface area (TPSA) is 63.7 Å². The molecule has 3 aromatic rings. The van der Waals surface area contributed by atoms with E-state index in [0.717, 1.165) is 11.3 Å². The summed E-state index contributed by atoms with van der Waals surface area (Å²) in [6.07, 6.45) is -0.362. The van der Waals surface area contributed by atoms with Crippen LogP contribution in [0, 0.1) is 6.07 Å². The molecule has 0 bridgehead atoms. The summed E-state index contributed by atoms with van der Waals surface area (Å²) in [6, 6.07) is 20.1. The summed E-state index contributed by atoms with van der Waals surface area (Å²) < 4.78 is 5.95. The van der Waals surface area contributed by atoms with Gasteiger partial charge < -0.3 is 4.74 Å². The van der Waals surface area contributed by atoms with Crippen LogP contribution in [-0.2, 0) is 0 Å². The van der Waals surface area contributed by atoms with Crippen molar-refractivity contribution >= 4 is 0 Å². The fraction of sp³-hybridized carbons (Fsp3) is 0.0714. The lowest BCUT2D eigenvalue weighted by molar-refractivity contribution is 0.237. The summed E-state index contributed by atoms with van der Waals surface area (Å²) in [5, 5.41) is 13.9. The van der Waals surface area contributed by atoms with Crippen LogP contribution >= 0.6 is 0 Å². The van der Waals surface area contributed by atoms with Crippen LogP contribution in [0.25, 0.3) is 0 Å². The minimum absolute atomic E-state index is 0.362. The van der Waals surface area contributed by atoms with Crippen LogP contribution in [0.15, 0.2) is 54.6 Å². The van der Waals surface area contributed by atoms with Gasteiger partial charge in [0.15, 0.2) is 11.9 Å². The molecule has 2 aromatic carbocycles. The largest absolute Gasteiger partial charge is 0.478 e. The molecule has 1 N–H and O–H groups in total. The molecule has 0 saturated heterocycles.